The fourth-order valence-electron chi connectivity index (χ4n) is 2.94. The van der Waals surface area contributed by atoms with E-state index in [2.05, 4.69) is 5.32 Å². The van der Waals surface area contributed by atoms with Crippen molar-refractivity contribution in [1.29, 1.82) is 0 Å². The summed E-state index contributed by atoms with van der Waals surface area (Å²) in [7, 11) is 0. The zero-order valence-corrected chi connectivity index (χ0v) is 14.0. The van der Waals surface area contributed by atoms with E-state index in [0.29, 0.717) is 19.6 Å². The van der Waals surface area contributed by atoms with E-state index in [0.717, 1.165) is 31.2 Å². The Labute approximate surface area is 143 Å². The van der Waals surface area contributed by atoms with Crippen molar-refractivity contribution in [3.63, 3.8) is 0 Å². The van der Waals surface area contributed by atoms with E-state index in [9.17, 15) is 9.59 Å². The van der Waals surface area contributed by atoms with E-state index in [4.69, 9.17) is 5.73 Å². The van der Waals surface area contributed by atoms with Gasteiger partial charge in [0, 0.05) is 25.6 Å². The number of hydrogen-bond donors (Lipinski definition) is 2. The number of nitrogens with two attached hydrogens (primary N) is 1. The Morgan fingerprint density at radius 3 is 2.35 bits per heavy atom. The van der Waals surface area contributed by atoms with Crippen molar-refractivity contribution in [2.75, 3.05) is 13.1 Å². The molecule has 3 N–H and O–H groups in total. The normalized spacial score (nSPS) is 19.6. The Kier molecular flexibility index (Phi) is 5.65. The van der Waals surface area contributed by atoms with Crippen LogP contribution in [0.1, 0.15) is 31.2 Å². The first kappa shape index (κ1) is 17.8. The first-order valence-electron chi connectivity index (χ1n) is 7.98. The van der Waals surface area contributed by atoms with Gasteiger partial charge in [0.15, 0.2) is 0 Å². The van der Waals surface area contributed by atoms with Gasteiger partial charge < -0.3 is 16.0 Å². The molecule has 23 heavy (non-hydrogen) atoms. The highest BCUT2D eigenvalue weighted by atomic mass is 35.5. The Hall–Kier alpha value is -1.59. The maximum Gasteiger partial charge on any atom is 0.242 e. The summed E-state index contributed by atoms with van der Waals surface area (Å²) in [5.74, 6) is 0.154. The summed E-state index contributed by atoms with van der Waals surface area (Å²) in [6.45, 7) is 1.84. The van der Waals surface area contributed by atoms with Crippen molar-refractivity contribution in [1.82, 2.24) is 10.2 Å². The number of piperidine rings is 1. The predicted octanol–water partition coefficient (Wildman–Crippen LogP) is 1.45. The van der Waals surface area contributed by atoms with E-state index in [1.165, 1.54) is 0 Å². The van der Waals surface area contributed by atoms with Gasteiger partial charge in [-0.15, -0.1) is 12.4 Å². The number of carbonyl (C=O) groups is 2. The molecular weight excluding hydrogens is 314 g/mol. The van der Waals surface area contributed by atoms with Crippen LogP contribution >= 0.6 is 12.4 Å². The topological polar surface area (TPSA) is 75.4 Å². The zero-order valence-electron chi connectivity index (χ0n) is 13.2. The molecule has 0 aromatic heterocycles. The highest BCUT2D eigenvalue weighted by molar-refractivity contribution is 5.89. The van der Waals surface area contributed by atoms with E-state index in [1.807, 2.05) is 35.2 Å². The summed E-state index contributed by atoms with van der Waals surface area (Å²) in [4.78, 5) is 26.2. The molecule has 126 valence electrons. The van der Waals surface area contributed by atoms with E-state index >= 15 is 0 Å². The highest BCUT2D eigenvalue weighted by Crippen LogP contribution is 2.35. The molecule has 2 fully saturated rings. The average Bonchev–Trinajstić information content (AvgIpc) is 3.32. The molecule has 6 heteroatoms. The first-order chi connectivity index (χ1) is 10.6. The molecular formula is C17H24ClN3O2. The second-order valence-corrected chi connectivity index (χ2v) is 6.43. The number of hydrogen-bond acceptors (Lipinski definition) is 3. The summed E-state index contributed by atoms with van der Waals surface area (Å²) in [5.41, 5.74) is 6.46. The number of halogens is 1. The van der Waals surface area contributed by atoms with Crippen molar-refractivity contribution in [3.8, 4) is 0 Å². The van der Waals surface area contributed by atoms with E-state index in [1.54, 1.807) is 0 Å². The molecule has 0 bridgehead atoms. The van der Waals surface area contributed by atoms with Crippen LogP contribution in [0.4, 0.5) is 0 Å². The molecule has 0 spiro atoms. The third-order valence-corrected chi connectivity index (χ3v) is 4.68. The van der Waals surface area contributed by atoms with Gasteiger partial charge in [0.2, 0.25) is 11.8 Å². The Balaban J connectivity index is 0.00000192. The SMILES string of the molecule is Cl.NC1(C(=O)N2CCC(C(=O)NCc3ccccc3)CC2)CC1. The number of carbonyl (C=O) groups excluding carboxylic acids is 2. The van der Waals surface area contributed by atoms with Crippen LogP contribution in [0.5, 0.6) is 0 Å². The van der Waals surface area contributed by atoms with Crippen LogP contribution in [0, 0.1) is 5.92 Å². The molecule has 2 amide bonds. The van der Waals surface area contributed by atoms with Crippen LogP contribution in [0.2, 0.25) is 0 Å². The lowest BCUT2D eigenvalue weighted by Gasteiger charge is -2.33. The molecule has 0 unspecified atom stereocenters. The van der Waals surface area contributed by atoms with Crippen LogP contribution in [-0.4, -0.2) is 35.3 Å². The fourth-order valence-corrected chi connectivity index (χ4v) is 2.94. The maximum absolute atomic E-state index is 12.2. The predicted molar refractivity (Wildman–Crippen MR) is 91.0 cm³/mol. The van der Waals surface area contributed by atoms with Crippen molar-refractivity contribution in [2.24, 2.45) is 11.7 Å². The van der Waals surface area contributed by atoms with E-state index in [-0.39, 0.29) is 30.1 Å². The summed E-state index contributed by atoms with van der Waals surface area (Å²) in [6, 6.07) is 9.89. The molecule has 5 nitrogen and oxygen atoms in total. The standard InChI is InChI=1S/C17H23N3O2.ClH/c18-17(8-9-17)16(22)20-10-6-14(7-11-20)15(21)19-12-13-4-2-1-3-5-13;/h1-5,14H,6-12,18H2,(H,19,21);1H. The molecule has 1 aromatic carbocycles. The number of likely N-dealkylation sites (tertiary alicyclic amines) is 1. The summed E-state index contributed by atoms with van der Waals surface area (Å²) in [6.07, 6.45) is 3.04. The maximum atomic E-state index is 12.2. The van der Waals surface area contributed by atoms with Gasteiger partial charge >= 0.3 is 0 Å². The molecule has 1 aromatic rings. The minimum atomic E-state index is -0.595. The lowest BCUT2D eigenvalue weighted by molar-refractivity contribution is -0.137. The third kappa shape index (κ3) is 4.24. The van der Waals surface area contributed by atoms with Gasteiger partial charge in [-0.3, -0.25) is 9.59 Å². The third-order valence-electron chi connectivity index (χ3n) is 4.68. The lowest BCUT2D eigenvalue weighted by Crippen LogP contribution is -2.50. The molecule has 3 rings (SSSR count). The molecule has 0 atom stereocenters. The van der Waals surface area contributed by atoms with Gasteiger partial charge in [-0.25, -0.2) is 0 Å². The average molecular weight is 338 g/mol. The quantitative estimate of drug-likeness (QED) is 0.873. The summed E-state index contributed by atoms with van der Waals surface area (Å²) >= 11 is 0. The smallest absolute Gasteiger partial charge is 0.242 e. The zero-order chi connectivity index (χ0) is 15.6. The summed E-state index contributed by atoms with van der Waals surface area (Å²) in [5, 5.41) is 2.99. The van der Waals surface area contributed by atoms with E-state index < -0.39 is 5.54 Å². The van der Waals surface area contributed by atoms with Gasteiger partial charge in [0.05, 0.1) is 5.54 Å². The van der Waals surface area contributed by atoms with Crippen LogP contribution in [0.15, 0.2) is 30.3 Å². The highest BCUT2D eigenvalue weighted by Gasteiger charge is 2.48. The lowest BCUT2D eigenvalue weighted by atomic mass is 9.95. The Bertz CT molecular complexity index is 552. The minimum absolute atomic E-state index is 0. The van der Waals surface area contributed by atoms with Crippen LogP contribution in [0.25, 0.3) is 0 Å². The van der Waals surface area contributed by atoms with Gasteiger partial charge in [0.25, 0.3) is 0 Å². The van der Waals surface area contributed by atoms with Crippen molar-refractivity contribution >= 4 is 24.2 Å². The molecule has 1 heterocycles. The van der Waals surface area contributed by atoms with Crippen molar-refractivity contribution in [3.05, 3.63) is 35.9 Å². The van der Waals surface area contributed by atoms with Crippen LogP contribution in [-0.2, 0) is 16.1 Å². The van der Waals surface area contributed by atoms with Gasteiger partial charge in [0.1, 0.15) is 0 Å². The number of rotatable bonds is 4. The Morgan fingerprint density at radius 2 is 1.78 bits per heavy atom. The second kappa shape index (κ2) is 7.32. The number of amides is 2. The summed E-state index contributed by atoms with van der Waals surface area (Å²) < 4.78 is 0. The van der Waals surface area contributed by atoms with Crippen molar-refractivity contribution < 1.29 is 9.59 Å². The molecule has 0 radical (unpaired) electrons. The van der Waals surface area contributed by atoms with Crippen molar-refractivity contribution in [2.45, 2.75) is 37.8 Å². The van der Waals surface area contributed by atoms with Gasteiger partial charge in [-0.1, -0.05) is 30.3 Å². The fraction of sp³-hybridized carbons (Fsp3) is 0.529. The van der Waals surface area contributed by atoms with Gasteiger partial charge in [-0.05, 0) is 31.2 Å². The molecule has 1 saturated carbocycles. The largest absolute Gasteiger partial charge is 0.352 e. The number of nitrogens with zero attached hydrogens (tertiary/aromatic N) is 1. The second-order valence-electron chi connectivity index (χ2n) is 6.43. The molecule has 2 aliphatic rings. The molecule has 1 aliphatic heterocycles. The Morgan fingerprint density at radius 1 is 1.17 bits per heavy atom. The minimum Gasteiger partial charge on any atom is -0.352 e. The number of benzene rings is 1. The van der Waals surface area contributed by atoms with Crippen LogP contribution < -0.4 is 11.1 Å². The number of nitrogens with one attached hydrogen (secondary N) is 1. The monoisotopic (exact) mass is 337 g/mol. The molecule has 1 saturated heterocycles. The van der Waals surface area contributed by atoms with Gasteiger partial charge in [-0.2, -0.15) is 0 Å². The molecule has 1 aliphatic carbocycles. The first-order valence-corrected chi connectivity index (χ1v) is 7.98. The van der Waals surface area contributed by atoms with Crippen LogP contribution in [0.3, 0.4) is 0 Å².